The van der Waals surface area contributed by atoms with Gasteiger partial charge in [0, 0.05) is 17.3 Å². The van der Waals surface area contributed by atoms with E-state index in [0.717, 1.165) is 34.9 Å². The van der Waals surface area contributed by atoms with Gasteiger partial charge in [0.05, 0.1) is 6.61 Å². The van der Waals surface area contributed by atoms with Crippen molar-refractivity contribution in [3.05, 3.63) is 48.2 Å². The number of hydrogen-bond donors (Lipinski definition) is 1. The molecule has 0 saturated carbocycles. The van der Waals surface area contributed by atoms with E-state index in [0.29, 0.717) is 18.3 Å². The van der Waals surface area contributed by atoms with Crippen molar-refractivity contribution in [3.8, 4) is 23.0 Å². The lowest BCUT2D eigenvalue weighted by molar-refractivity contribution is -0.146. The van der Waals surface area contributed by atoms with Gasteiger partial charge in [-0.15, -0.1) is 0 Å². The number of unbranched alkanes of at least 4 members (excludes halogenated alkanes) is 6. The number of nitrogens with zero attached hydrogens (tertiary/aromatic N) is 2. The van der Waals surface area contributed by atoms with Crippen LogP contribution in [0.4, 0.5) is 0 Å². The number of phenolic OH excluding ortho intramolecular Hbond substituents is 1. The van der Waals surface area contributed by atoms with Crippen molar-refractivity contribution in [1.29, 1.82) is 0 Å². The van der Waals surface area contributed by atoms with Crippen LogP contribution in [0.25, 0.3) is 22.2 Å². The molecule has 0 fully saturated rings. The number of carbonyl (C=O) groups is 1. The molecular weight excluding hydrogens is 404 g/mol. The van der Waals surface area contributed by atoms with Gasteiger partial charge in [0.1, 0.15) is 5.75 Å². The predicted octanol–water partition coefficient (Wildman–Crippen LogP) is 5.98. The standard InChI is InChI=1S/C26H32N2O4/c1-3-4-5-6-7-8-9-14-31-25(30)18-32-24-15-19(2)27-26(28-24)22-11-10-21-17-23(29)13-12-20(21)16-22/h10-13,15-17,29H,3-9,14,18H2,1-2H3. The number of rotatable bonds is 12. The summed E-state index contributed by atoms with van der Waals surface area (Å²) in [5.41, 5.74) is 1.57. The smallest absolute Gasteiger partial charge is 0.344 e. The van der Waals surface area contributed by atoms with Gasteiger partial charge in [-0.3, -0.25) is 0 Å². The number of aryl methyl sites for hydroxylation is 1. The summed E-state index contributed by atoms with van der Waals surface area (Å²) in [7, 11) is 0. The number of aromatic nitrogens is 2. The molecule has 0 unspecified atom stereocenters. The molecule has 0 radical (unpaired) electrons. The fraction of sp³-hybridized carbons (Fsp3) is 0.423. The molecular formula is C26H32N2O4. The first-order chi connectivity index (χ1) is 15.5. The second-order valence-electron chi connectivity index (χ2n) is 8.05. The maximum Gasteiger partial charge on any atom is 0.344 e. The highest BCUT2D eigenvalue weighted by molar-refractivity contribution is 5.87. The average Bonchev–Trinajstić information content (AvgIpc) is 2.78. The first kappa shape index (κ1) is 23.5. The molecule has 0 atom stereocenters. The zero-order valence-electron chi connectivity index (χ0n) is 19.0. The van der Waals surface area contributed by atoms with Gasteiger partial charge in [-0.2, -0.15) is 4.98 Å². The van der Waals surface area contributed by atoms with Gasteiger partial charge in [-0.1, -0.05) is 63.6 Å². The van der Waals surface area contributed by atoms with Gasteiger partial charge in [0.25, 0.3) is 0 Å². The van der Waals surface area contributed by atoms with Crippen molar-refractivity contribution in [1.82, 2.24) is 9.97 Å². The van der Waals surface area contributed by atoms with Crippen molar-refractivity contribution >= 4 is 16.7 Å². The maximum atomic E-state index is 12.0. The molecule has 0 bridgehead atoms. The van der Waals surface area contributed by atoms with Crippen molar-refractivity contribution in [3.63, 3.8) is 0 Å². The summed E-state index contributed by atoms with van der Waals surface area (Å²) in [6, 6.07) is 12.7. The van der Waals surface area contributed by atoms with Gasteiger partial charge in [0.2, 0.25) is 5.88 Å². The Bertz CT molecular complexity index is 1040. The second-order valence-corrected chi connectivity index (χ2v) is 8.05. The number of fused-ring (bicyclic) bond motifs is 1. The van der Waals surface area contributed by atoms with Crippen molar-refractivity contribution in [2.24, 2.45) is 0 Å². The summed E-state index contributed by atoms with van der Waals surface area (Å²) in [5, 5.41) is 11.5. The lowest BCUT2D eigenvalue weighted by Gasteiger charge is -2.09. The topological polar surface area (TPSA) is 81.5 Å². The molecule has 1 heterocycles. The highest BCUT2D eigenvalue weighted by Gasteiger charge is 2.10. The number of aromatic hydroxyl groups is 1. The van der Waals surface area contributed by atoms with Crippen LogP contribution in [0.15, 0.2) is 42.5 Å². The number of benzene rings is 2. The monoisotopic (exact) mass is 436 g/mol. The first-order valence-corrected chi connectivity index (χ1v) is 11.4. The van der Waals surface area contributed by atoms with Crippen molar-refractivity contribution in [2.75, 3.05) is 13.2 Å². The van der Waals surface area contributed by atoms with Gasteiger partial charge in [-0.25, -0.2) is 9.78 Å². The van der Waals surface area contributed by atoms with E-state index < -0.39 is 0 Å². The van der Waals surface area contributed by atoms with Crippen LogP contribution in [0, 0.1) is 6.92 Å². The van der Waals surface area contributed by atoms with Crippen LogP contribution in [0.2, 0.25) is 0 Å². The Kier molecular flexibility index (Phi) is 8.84. The molecule has 3 aromatic rings. The molecule has 3 rings (SSSR count). The van der Waals surface area contributed by atoms with E-state index in [1.807, 2.05) is 31.2 Å². The Morgan fingerprint density at radius 3 is 2.44 bits per heavy atom. The highest BCUT2D eigenvalue weighted by Crippen LogP contribution is 2.26. The Balaban J connectivity index is 1.50. The molecule has 32 heavy (non-hydrogen) atoms. The van der Waals surface area contributed by atoms with Crippen LogP contribution in [-0.4, -0.2) is 34.3 Å². The molecule has 0 spiro atoms. The first-order valence-electron chi connectivity index (χ1n) is 11.4. The lowest BCUT2D eigenvalue weighted by Crippen LogP contribution is -2.16. The van der Waals surface area contributed by atoms with E-state index in [1.165, 1.54) is 32.1 Å². The average molecular weight is 437 g/mol. The van der Waals surface area contributed by atoms with Gasteiger partial charge >= 0.3 is 5.97 Å². The third-order valence-electron chi connectivity index (χ3n) is 5.26. The minimum Gasteiger partial charge on any atom is -0.508 e. The third kappa shape index (κ3) is 7.22. The Morgan fingerprint density at radius 2 is 1.62 bits per heavy atom. The van der Waals surface area contributed by atoms with Gasteiger partial charge in [0.15, 0.2) is 12.4 Å². The molecule has 2 aromatic carbocycles. The fourth-order valence-electron chi connectivity index (χ4n) is 3.53. The molecule has 0 aliphatic heterocycles. The van der Waals surface area contributed by atoms with Crippen LogP contribution < -0.4 is 4.74 Å². The van der Waals surface area contributed by atoms with E-state index in [4.69, 9.17) is 9.47 Å². The maximum absolute atomic E-state index is 12.0. The number of phenols is 1. The summed E-state index contributed by atoms with van der Waals surface area (Å²) >= 11 is 0. The summed E-state index contributed by atoms with van der Waals surface area (Å²) in [5.74, 6) is 0.698. The summed E-state index contributed by atoms with van der Waals surface area (Å²) < 4.78 is 10.8. The normalized spacial score (nSPS) is 10.9. The molecule has 6 heteroatoms. The summed E-state index contributed by atoms with van der Waals surface area (Å²) in [6.45, 7) is 4.32. The van der Waals surface area contributed by atoms with Gasteiger partial charge in [-0.05, 0) is 42.3 Å². The molecule has 1 N–H and O–H groups in total. The van der Waals surface area contributed by atoms with Crippen LogP contribution >= 0.6 is 0 Å². The number of carbonyl (C=O) groups excluding carboxylic acids is 1. The summed E-state index contributed by atoms with van der Waals surface area (Å²) in [6.07, 6.45) is 8.23. The zero-order valence-corrected chi connectivity index (χ0v) is 19.0. The van der Waals surface area contributed by atoms with Crippen LogP contribution in [0.1, 0.15) is 57.6 Å². The molecule has 0 saturated heterocycles. The predicted molar refractivity (Wildman–Crippen MR) is 126 cm³/mol. The highest BCUT2D eigenvalue weighted by atomic mass is 16.6. The minimum absolute atomic E-state index is 0.177. The molecule has 170 valence electrons. The number of hydrogen-bond acceptors (Lipinski definition) is 6. The second kappa shape index (κ2) is 12.0. The fourth-order valence-corrected chi connectivity index (χ4v) is 3.53. The Hall–Kier alpha value is -3.15. The molecule has 0 aliphatic carbocycles. The van der Waals surface area contributed by atoms with Crippen molar-refractivity contribution in [2.45, 2.75) is 58.8 Å². The zero-order chi connectivity index (χ0) is 22.8. The lowest BCUT2D eigenvalue weighted by atomic mass is 10.1. The van der Waals surface area contributed by atoms with E-state index >= 15 is 0 Å². The van der Waals surface area contributed by atoms with E-state index in [2.05, 4.69) is 16.9 Å². The molecule has 0 amide bonds. The number of esters is 1. The minimum atomic E-state index is -0.390. The van der Waals surface area contributed by atoms with E-state index in [1.54, 1.807) is 18.2 Å². The van der Waals surface area contributed by atoms with Gasteiger partial charge < -0.3 is 14.6 Å². The summed E-state index contributed by atoms with van der Waals surface area (Å²) in [4.78, 5) is 20.9. The molecule has 1 aromatic heterocycles. The van der Waals surface area contributed by atoms with Crippen LogP contribution in [0.3, 0.4) is 0 Å². The quantitative estimate of drug-likeness (QED) is 0.278. The number of ether oxygens (including phenoxy) is 2. The molecule has 6 nitrogen and oxygen atoms in total. The van der Waals surface area contributed by atoms with Crippen LogP contribution in [-0.2, 0) is 9.53 Å². The van der Waals surface area contributed by atoms with E-state index in [9.17, 15) is 9.90 Å². The molecule has 0 aliphatic rings. The van der Waals surface area contributed by atoms with E-state index in [-0.39, 0.29) is 18.3 Å². The Labute approximate surface area is 189 Å². The van der Waals surface area contributed by atoms with Crippen LogP contribution in [0.5, 0.6) is 11.6 Å². The Morgan fingerprint density at radius 1 is 0.906 bits per heavy atom. The SMILES string of the molecule is CCCCCCCCCOC(=O)COc1cc(C)nc(-c2ccc3cc(O)ccc3c2)n1. The third-order valence-corrected chi connectivity index (χ3v) is 5.26. The largest absolute Gasteiger partial charge is 0.508 e. The van der Waals surface area contributed by atoms with Crippen molar-refractivity contribution < 1.29 is 19.4 Å².